The standard InChI is InChI=1S/C31H37N3O8/c1-31-17-24(30(39)42-20-21-9-5-3-6-10-21)34(25(31)18-31)27(36)19-32-29(38)23(33-26(35)13-14-28(37)40-2)15-16-41-22-11-7-4-8-12-22/h3-12,23-25H,13-20H2,1-2H3,(H,32,38)(H,33,35)/t23-,24-,25-,31+/m0/s1. The van der Waals surface area contributed by atoms with Crippen molar-refractivity contribution in [1.82, 2.24) is 15.5 Å². The molecule has 4 rings (SSSR count). The molecule has 2 N–H and O–H groups in total. The Balaban J connectivity index is 1.33. The number of esters is 2. The lowest BCUT2D eigenvalue weighted by Crippen LogP contribution is -2.52. The van der Waals surface area contributed by atoms with Crippen LogP contribution in [0.5, 0.6) is 5.75 Å². The number of amides is 3. The van der Waals surface area contributed by atoms with Crippen LogP contribution in [0.1, 0.15) is 44.6 Å². The van der Waals surface area contributed by atoms with Crippen LogP contribution in [-0.2, 0) is 40.1 Å². The maximum absolute atomic E-state index is 13.3. The molecule has 0 radical (unpaired) electrons. The van der Waals surface area contributed by atoms with Crippen molar-refractivity contribution in [2.45, 2.75) is 63.8 Å². The SMILES string of the molecule is COC(=O)CCC(=O)N[C@@H](CCOc1ccccc1)C(=O)NCC(=O)N1[C@H]2C[C@@]2(C)C[C@H]1C(=O)OCc1ccccc1. The van der Waals surface area contributed by atoms with E-state index >= 15 is 0 Å². The van der Waals surface area contributed by atoms with Crippen molar-refractivity contribution in [2.24, 2.45) is 5.41 Å². The number of piperidine rings is 1. The van der Waals surface area contributed by atoms with Crippen molar-refractivity contribution in [3.8, 4) is 5.75 Å². The summed E-state index contributed by atoms with van der Waals surface area (Å²) >= 11 is 0. The van der Waals surface area contributed by atoms with E-state index in [1.165, 1.54) is 12.0 Å². The molecule has 2 fully saturated rings. The number of fused-ring (bicyclic) bond motifs is 1. The molecule has 0 unspecified atom stereocenters. The molecule has 0 aromatic heterocycles. The second-order valence-corrected chi connectivity index (χ2v) is 10.9. The minimum absolute atomic E-state index is 0.0933. The fourth-order valence-electron chi connectivity index (χ4n) is 5.20. The van der Waals surface area contributed by atoms with Crippen LogP contribution in [0.3, 0.4) is 0 Å². The molecule has 224 valence electrons. The summed E-state index contributed by atoms with van der Waals surface area (Å²) in [7, 11) is 1.23. The number of methoxy groups -OCH3 is 1. The Kier molecular flexibility index (Phi) is 10.2. The first-order chi connectivity index (χ1) is 20.2. The second-order valence-electron chi connectivity index (χ2n) is 10.9. The molecule has 1 aliphatic heterocycles. The van der Waals surface area contributed by atoms with E-state index in [4.69, 9.17) is 9.47 Å². The van der Waals surface area contributed by atoms with Crippen molar-refractivity contribution in [1.29, 1.82) is 0 Å². The molecule has 42 heavy (non-hydrogen) atoms. The number of nitrogens with one attached hydrogen (secondary N) is 2. The normalized spacial score (nSPS) is 21.0. The molecule has 1 aliphatic carbocycles. The van der Waals surface area contributed by atoms with Crippen molar-refractivity contribution < 1.29 is 38.2 Å². The van der Waals surface area contributed by atoms with Crippen LogP contribution in [-0.4, -0.2) is 72.9 Å². The van der Waals surface area contributed by atoms with E-state index in [2.05, 4.69) is 15.4 Å². The number of ether oxygens (including phenoxy) is 3. The average Bonchev–Trinajstić information content (AvgIpc) is 3.57. The van der Waals surface area contributed by atoms with E-state index in [9.17, 15) is 24.0 Å². The van der Waals surface area contributed by atoms with Crippen molar-refractivity contribution in [3.63, 3.8) is 0 Å². The van der Waals surface area contributed by atoms with Crippen LogP contribution in [0.4, 0.5) is 0 Å². The molecule has 1 heterocycles. The van der Waals surface area contributed by atoms with Gasteiger partial charge in [0.15, 0.2) is 0 Å². The van der Waals surface area contributed by atoms with Crippen LogP contribution in [0.2, 0.25) is 0 Å². The maximum Gasteiger partial charge on any atom is 0.329 e. The Bertz CT molecular complexity index is 1270. The third kappa shape index (κ3) is 8.08. The van der Waals surface area contributed by atoms with Gasteiger partial charge in [-0.2, -0.15) is 0 Å². The second kappa shape index (κ2) is 14.0. The van der Waals surface area contributed by atoms with E-state index < -0.39 is 41.7 Å². The van der Waals surface area contributed by atoms with Crippen molar-refractivity contribution >= 4 is 29.7 Å². The monoisotopic (exact) mass is 579 g/mol. The number of hydrogen-bond acceptors (Lipinski definition) is 8. The lowest BCUT2D eigenvalue weighted by atomic mass is 10.0. The fourth-order valence-corrected chi connectivity index (χ4v) is 5.20. The molecular formula is C31H37N3O8. The molecule has 0 spiro atoms. The first kappa shape index (κ1) is 30.5. The largest absolute Gasteiger partial charge is 0.494 e. The third-order valence-electron chi connectivity index (χ3n) is 7.69. The number of likely N-dealkylation sites (tertiary alicyclic amines) is 1. The summed E-state index contributed by atoms with van der Waals surface area (Å²) in [4.78, 5) is 64.8. The Morgan fingerprint density at radius 2 is 1.67 bits per heavy atom. The van der Waals surface area contributed by atoms with Gasteiger partial charge < -0.3 is 29.7 Å². The average molecular weight is 580 g/mol. The number of carbonyl (C=O) groups excluding carboxylic acids is 5. The van der Waals surface area contributed by atoms with Gasteiger partial charge in [0, 0.05) is 18.9 Å². The summed E-state index contributed by atoms with van der Waals surface area (Å²) in [6.07, 6.45) is 1.12. The molecule has 0 bridgehead atoms. The van der Waals surface area contributed by atoms with Gasteiger partial charge in [-0.1, -0.05) is 55.5 Å². The molecule has 1 saturated carbocycles. The molecule has 4 atom stereocenters. The van der Waals surface area contributed by atoms with Gasteiger partial charge in [-0.05, 0) is 36.0 Å². The summed E-state index contributed by atoms with van der Waals surface area (Å²) in [5.41, 5.74) is 0.697. The molecule has 2 aromatic rings. The van der Waals surface area contributed by atoms with Gasteiger partial charge in [-0.15, -0.1) is 0 Å². The van der Waals surface area contributed by atoms with E-state index in [-0.39, 0.29) is 50.5 Å². The topological polar surface area (TPSA) is 140 Å². The number of rotatable bonds is 14. The van der Waals surface area contributed by atoms with Gasteiger partial charge in [0.2, 0.25) is 17.7 Å². The lowest BCUT2D eigenvalue weighted by Gasteiger charge is -2.27. The molecule has 3 amide bonds. The van der Waals surface area contributed by atoms with Gasteiger partial charge in [-0.3, -0.25) is 19.2 Å². The Hall–Kier alpha value is -4.41. The first-order valence-electron chi connectivity index (χ1n) is 14.0. The lowest BCUT2D eigenvalue weighted by molar-refractivity contribution is -0.155. The predicted octanol–water partition coefficient (Wildman–Crippen LogP) is 2.13. The molecule has 2 aromatic carbocycles. The van der Waals surface area contributed by atoms with Crippen LogP contribution in [0.25, 0.3) is 0 Å². The van der Waals surface area contributed by atoms with Crippen LogP contribution in [0.15, 0.2) is 60.7 Å². The summed E-state index contributed by atoms with van der Waals surface area (Å²) < 4.78 is 15.8. The Morgan fingerprint density at radius 3 is 2.36 bits per heavy atom. The van der Waals surface area contributed by atoms with Gasteiger partial charge in [0.1, 0.15) is 24.4 Å². The number of benzene rings is 2. The van der Waals surface area contributed by atoms with E-state index in [0.717, 1.165) is 12.0 Å². The van der Waals surface area contributed by atoms with Crippen LogP contribution in [0, 0.1) is 5.41 Å². The fraction of sp³-hybridized carbons (Fsp3) is 0.452. The molecule has 1 saturated heterocycles. The number of para-hydroxylation sites is 1. The maximum atomic E-state index is 13.3. The molecule has 2 aliphatic rings. The first-order valence-corrected chi connectivity index (χ1v) is 14.0. The minimum atomic E-state index is -1.01. The van der Waals surface area contributed by atoms with Gasteiger partial charge in [0.25, 0.3) is 0 Å². The highest BCUT2D eigenvalue weighted by atomic mass is 16.5. The zero-order valence-corrected chi connectivity index (χ0v) is 23.9. The zero-order chi connectivity index (χ0) is 30.1. The molecular weight excluding hydrogens is 542 g/mol. The van der Waals surface area contributed by atoms with Crippen molar-refractivity contribution in [2.75, 3.05) is 20.3 Å². The summed E-state index contributed by atoms with van der Waals surface area (Å²) in [6.45, 7) is 1.92. The minimum Gasteiger partial charge on any atom is -0.494 e. The smallest absolute Gasteiger partial charge is 0.329 e. The van der Waals surface area contributed by atoms with Gasteiger partial charge in [-0.25, -0.2) is 4.79 Å². The highest BCUT2D eigenvalue weighted by molar-refractivity contribution is 5.93. The zero-order valence-electron chi connectivity index (χ0n) is 23.9. The summed E-state index contributed by atoms with van der Waals surface area (Å²) in [5, 5.41) is 5.23. The Labute approximate surface area is 244 Å². The van der Waals surface area contributed by atoms with Gasteiger partial charge >= 0.3 is 11.9 Å². The van der Waals surface area contributed by atoms with Crippen LogP contribution < -0.4 is 15.4 Å². The number of hydrogen-bond donors (Lipinski definition) is 2. The van der Waals surface area contributed by atoms with Crippen molar-refractivity contribution in [3.05, 3.63) is 66.2 Å². The van der Waals surface area contributed by atoms with E-state index in [1.807, 2.05) is 55.5 Å². The highest BCUT2D eigenvalue weighted by Crippen LogP contribution is 2.59. The third-order valence-corrected chi connectivity index (χ3v) is 7.69. The van der Waals surface area contributed by atoms with E-state index in [1.54, 1.807) is 12.1 Å². The summed E-state index contributed by atoms with van der Waals surface area (Å²) in [5.74, 6) is -1.89. The number of carbonyl (C=O) groups is 5. The molecule has 11 nitrogen and oxygen atoms in total. The molecule has 11 heteroatoms. The highest BCUT2D eigenvalue weighted by Gasteiger charge is 2.64. The Morgan fingerprint density at radius 1 is 0.976 bits per heavy atom. The number of nitrogens with zero attached hydrogens (tertiary/aromatic N) is 1. The van der Waals surface area contributed by atoms with E-state index in [0.29, 0.717) is 12.2 Å². The van der Waals surface area contributed by atoms with Gasteiger partial charge in [0.05, 0.1) is 26.7 Å². The summed E-state index contributed by atoms with van der Waals surface area (Å²) in [6, 6.07) is 16.5. The van der Waals surface area contributed by atoms with Crippen LogP contribution >= 0.6 is 0 Å². The predicted molar refractivity (Wildman–Crippen MR) is 151 cm³/mol. The quantitative estimate of drug-likeness (QED) is 0.325.